The van der Waals surface area contributed by atoms with E-state index in [1.165, 1.54) is 12.8 Å². The molecule has 2 rings (SSSR count). The summed E-state index contributed by atoms with van der Waals surface area (Å²) in [6.07, 6.45) is 0.392. The molecule has 0 spiro atoms. The maximum absolute atomic E-state index is 12.3. The standard InChI is InChI=1S/C15H26F3NO/c1-11(2)7-19-8-14(9-20-10-15(16,17)18)6-12-3-4-13(14)5-12/h11-13,19H,3-10H2,1-2H3. The number of fused-ring (bicyclic) bond motifs is 2. The largest absolute Gasteiger partial charge is 0.411 e. The first-order valence-electron chi connectivity index (χ1n) is 7.66. The van der Waals surface area contributed by atoms with E-state index in [1.807, 2.05) is 0 Å². The van der Waals surface area contributed by atoms with Gasteiger partial charge in [0.25, 0.3) is 0 Å². The SMILES string of the molecule is CC(C)CNCC1(COCC(F)(F)F)CC2CCC1C2. The number of ether oxygens (including phenoxy) is 1. The van der Waals surface area contributed by atoms with Crippen LogP contribution in [0.2, 0.25) is 0 Å². The van der Waals surface area contributed by atoms with Gasteiger partial charge in [-0.05, 0) is 43.6 Å². The maximum atomic E-state index is 12.3. The van der Waals surface area contributed by atoms with E-state index in [9.17, 15) is 13.2 Å². The molecule has 3 atom stereocenters. The number of alkyl halides is 3. The summed E-state index contributed by atoms with van der Waals surface area (Å²) in [5, 5.41) is 3.44. The third kappa shape index (κ3) is 4.10. The molecule has 2 aliphatic rings. The molecule has 0 heterocycles. The Morgan fingerprint density at radius 1 is 1.30 bits per heavy atom. The van der Waals surface area contributed by atoms with Crippen LogP contribution in [0.25, 0.3) is 0 Å². The normalized spacial score (nSPS) is 33.3. The minimum Gasteiger partial charge on any atom is -0.371 e. The van der Waals surface area contributed by atoms with Gasteiger partial charge in [-0.25, -0.2) is 0 Å². The summed E-state index contributed by atoms with van der Waals surface area (Å²) in [5.74, 6) is 1.80. The number of rotatable bonds is 7. The Hall–Kier alpha value is -0.290. The monoisotopic (exact) mass is 293 g/mol. The predicted molar refractivity (Wildman–Crippen MR) is 72.5 cm³/mol. The summed E-state index contributed by atoms with van der Waals surface area (Å²) in [4.78, 5) is 0. The van der Waals surface area contributed by atoms with Crippen LogP contribution in [-0.4, -0.2) is 32.5 Å². The second kappa shape index (κ2) is 6.22. The molecule has 118 valence electrons. The van der Waals surface area contributed by atoms with Crippen molar-refractivity contribution in [2.75, 3.05) is 26.3 Å². The van der Waals surface area contributed by atoms with E-state index < -0.39 is 12.8 Å². The smallest absolute Gasteiger partial charge is 0.371 e. The molecule has 0 aromatic heterocycles. The van der Waals surface area contributed by atoms with E-state index >= 15 is 0 Å². The number of hydrogen-bond acceptors (Lipinski definition) is 2. The van der Waals surface area contributed by atoms with Crippen molar-refractivity contribution in [3.63, 3.8) is 0 Å². The summed E-state index contributed by atoms with van der Waals surface area (Å²) < 4.78 is 41.8. The lowest BCUT2D eigenvalue weighted by atomic mass is 9.73. The quantitative estimate of drug-likeness (QED) is 0.774. The third-order valence-electron chi connectivity index (χ3n) is 4.79. The molecule has 20 heavy (non-hydrogen) atoms. The Morgan fingerprint density at radius 2 is 2.05 bits per heavy atom. The lowest BCUT2D eigenvalue weighted by Crippen LogP contribution is -2.43. The first kappa shape index (κ1) is 16.1. The van der Waals surface area contributed by atoms with Crippen molar-refractivity contribution in [1.82, 2.24) is 5.32 Å². The van der Waals surface area contributed by atoms with Gasteiger partial charge in [-0.1, -0.05) is 20.3 Å². The summed E-state index contributed by atoms with van der Waals surface area (Å²) >= 11 is 0. The van der Waals surface area contributed by atoms with Crippen molar-refractivity contribution in [2.45, 2.75) is 45.7 Å². The van der Waals surface area contributed by atoms with E-state index in [1.54, 1.807) is 0 Å². The molecule has 0 radical (unpaired) electrons. The molecule has 1 N–H and O–H groups in total. The van der Waals surface area contributed by atoms with Crippen LogP contribution in [-0.2, 0) is 4.74 Å². The second-order valence-corrected chi connectivity index (χ2v) is 7.08. The number of hydrogen-bond donors (Lipinski definition) is 1. The van der Waals surface area contributed by atoms with Gasteiger partial charge in [0.15, 0.2) is 0 Å². The van der Waals surface area contributed by atoms with Crippen molar-refractivity contribution < 1.29 is 17.9 Å². The molecule has 5 heteroatoms. The Kier molecular flexibility index (Phi) is 5.00. The highest BCUT2D eigenvalue weighted by atomic mass is 19.4. The van der Waals surface area contributed by atoms with Gasteiger partial charge in [0, 0.05) is 12.0 Å². The Bertz CT molecular complexity index is 319. The molecule has 2 aliphatic carbocycles. The molecule has 2 bridgehead atoms. The first-order valence-corrected chi connectivity index (χ1v) is 7.66. The Balaban J connectivity index is 1.88. The molecule has 0 aromatic carbocycles. The zero-order chi connectivity index (χ0) is 14.8. The summed E-state index contributed by atoms with van der Waals surface area (Å²) in [6.45, 7) is 5.12. The highest BCUT2D eigenvalue weighted by Crippen LogP contribution is 2.55. The zero-order valence-corrected chi connectivity index (χ0v) is 12.4. The van der Waals surface area contributed by atoms with Crippen LogP contribution in [0, 0.1) is 23.2 Å². The van der Waals surface area contributed by atoms with Crippen molar-refractivity contribution in [3.05, 3.63) is 0 Å². The van der Waals surface area contributed by atoms with Crippen molar-refractivity contribution >= 4 is 0 Å². The predicted octanol–water partition coefficient (Wildman–Crippen LogP) is 3.62. The molecule has 2 fully saturated rings. The first-order chi connectivity index (χ1) is 9.31. The van der Waals surface area contributed by atoms with Crippen LogP contribution in [0.1, 0.15) is 39.5 Å². The number of halogens is 3. The van der Waals surface area contributed by atoms with Crippen molar-refractivity contribution in [3.8, 4) is 0 Å². The van der Waals surface area contributed by atoms with Crippen LogP contribution >= 0.6 is 0 Å². The number of nitrogens with one attached hydrogen (secondary N) is 1. The van der Waals surface area contributed by atoms with Gasteiger partial charge in [-0.2, -0.15) is 13.2 Å². The fourth-order valence-corrected chi connectivity index (χ4v) is 3.98. The van der Waals surface area contributed by atoms with E-state index in [2.05, 4.69) is 19.2 Å². The minimum absolute atomic E-state index is 0.0664. The zero-order valence-electron chi connectivity index (χ0n) is 12.4. The fourth-order valence-electron chi connectivity index (χ4n) is 3.98. The molecule has 0 aliphatic heterocycles. The molecule has 0 amide bonds. The van der Waals surface area contributed by atoms with Gasteiger partial charge in [-0.15, -0.1) is 0 Å². The van der Waals surface area contributed by atoms with Gasteiger partial charge in [0.2, 0.25) is 0 Å². The van der Waals surface area contributed by atoms with Crippen LogP contribution in [0.5, 0.6) is 0 Å². The third-order valence-corrected chi connectivity index (χ3v) is 4.79. The van der Waals surface area contributed by atoms with Gasteiger partial charge < -0.3 is 10.1 Å². The van der Waals surface area contributed by atoms with Gasteiger partial charge in [-0.3, -0.25) is 0 Å². The Morgan fingerprint density at radius 3 is 2.55 bits per heavy atom. The second-order valence-electron chi connectivity index (χ2n) is 7.08. The molecule has 3 unspecified atom stereocenters. The van der Waals surface area contributed by atoms with Gasteiger partial charge in [0.1, 0.15) is 6.61 Å². The molecule has 2 saturated carbocycles. The van der Waals surface area contributed by atoms with Crippen LogP contribution < -0.4 is 5.32 Å². The molecule has 0 saturated heterocycles. The molecular weight excluding hydrogens is 267 g/mol. The molecular formula is C15H26F3NO. The van der Waals surface area contributed by atoms with Crippen LogP contribution in [0.4, 0.5) is 13.2 Å². The summed E-state index contributed by atoms with van der Waals surface area (Å²) in [5.41, 5.74) is -0.0664. The average molecular weight is 293 g/mol. The lowest BCUT2D eigenvalue weighted by molar-refractivity contribution is -0.183. The van der Waals surface area contributed by atoms with E-state index in [0.717, 1.165) is 25.9 Å². The van der Waals surface area contributed by atoms with E-state index in [0.29, 0.717) is 17.8 Å². The minimum atomic E-state index is -4.22. The lowest BCUT2D eigenvalue weighted by Gasteiger charge is -2.38. The van der Waals surface area contributed by atoms with Crippen molar-refractivity contribution in [2.24, 2.45) is 23.2 Å². The van der Waals surface area contributed by atoms with Gasteiger partial charge >= 0.3 is 6.18 Å². The fraction of sp³-hybridized carbons (Fsp3) is 1.00. The molecule has 2 nitrogen and oxygen atoms in total. The highest BCUT2D eigenvalue weighted by Gasteiger charge is 2.51. The molecule has 0 aromatic rings. The highest BCUT2D eigenvalue weighted by molar-refractivity contribution is 5.01. The van der Waals surface area contributed by atoms with E-state index in [4.69, 9.17) is 4.74 Å². The van der Waals surface area contributed by atoms with Gasteiger partial charge in [0.05, 0.1) is 6.61 Å². The maximum Gasteiger partial charge on any atom is 0.411 e. The average Bonchev–Trinajstić information content (AvgIpc) is 2.87. The Labute approximate surface area is 119 Å². The van der Waals surface area contributed by atoms with Crippen LogP contribution in [0.3, 0.4) is 0 Å². The van der Waals surface area contributed by atoms with Crippen molar-refractivity contribution in [1.29, 1.82) is 0 Å². The summed E-state index contributed by atoms with van der Waals surface area (Å²) in [6, 6.07) is 0. The van der Waals surface area contributed by atoms with E-state index in [-0.39, 0.29) is 12.0 Å². The van der Waals surface area contributed by atoms with Crippen LogP contribution in [0.15, 0.2) is 0 Å². The summed E-state index contributed by atoms with van der Waals surface area (Å²) in [7, 11) is 0. The topological polar surface area (TPSA) is 21.3 Å².